The van der Waals surface area contributed by atoms with Gasteiger partial charge in [0.1, 0.15) is 5.82 Å². The fraction of sp³-hybridized carbons (Fsp3) is 0.312. The third kappa shape index (κ3) is 4.79. The monoisotopic (exact) mass is 352 g/mol. The Hall–Kier alpha value is -1.46. The molecule has 0 aliphatic rings. The number of nitrogens with one attached hydrogen (secondary N) is 1. The third-order valence-corrected chi connectivity index (χ3v) is 3.61. The summed E-state index contributed by atoms with van der Waals surface area (Å²) in [6.07, 6.45) is 1.79. The van der Waals surface area contributed by atoms with Gasteiger partial charge in [0.15, 0.2) is 0 Å². The molecule has 0 fully saturated rings. The summed E-state index contributed by atoms with van der Waals surface area (Å²) in [5, 5.41) is 3.28. The van der Waals surface area contributed by atoms with Crippen molar-refractivity contribution in [2.45, 2.75) is 33.0 Å². The van der Waals surface area contributed by atoms with Crippen LogP contribution in [0.2, 0.25) is 0 Å². The third-order valence-electron chi connectivity index (χ3n) is 2.84. The molecule has 0 saturated heterocycles. The van der Waals surface area contributed by atoms with Gasteiger partial charge in [-0.05, 0) is 43.7 Å². The van der Waals surface area contributed by atoms with Crippen LogP contribution in [0.15, 0.2) is 41.0 Å². The highest BCUT2D eigenvalue weighted by Crippen LogP contribution is 2.19. The van der Waals surface area contributed by atoms with Gasteiger partial charge in [-0.2, -0.15) is 0 Å². The van der Waals surface area contributed by atoms with Crippen molar-refractivity contribution in [2.75, 3.05) is 0 Å². The van der Waals surface area contributed by atoms with E-state index >= 15 is 0 Å². The van der Waals surface area contributed by atoms with E-state index in [4.69, 9.17) is 4.74 Å². The summed E-state index contributed by atoms with van der Waals surface area (Å²) >= 11 is 3.42. The number of hydrogen-bond acceptors (Lipinski definition) is 3. The Kier molecular flexibility index (Phi) is 5.70. The van der Waals surface area contributed by atoms with E-state index in [0.717, 1.165) is 15.6 Å². The lowest BCUT2D eigenvalue weighted by Crippen LogP contribution is -2.16. The molecule has 0 spiro atoms. The normalized spacial score (nSPS) is 10.9. The zero-order valence-corrected chi connectivity index (χ0v) is 13.7. The van der Waals surface area contributed by atoms with E-state index in [9.17, 15) is 4.39 Å². The minimum atomic E-state index is -0.236. The molecule has 1 aromatic carbocycles. The summed E-state index contributed by atoms with van der Waals surface area (Å²) in [6, 6.07) is 8.51. The summed E-state index contributed by atoms with van der Waals surface area (Å²) in [5.74, 6) is 0.401. The predicted molar refractivity (Wildman–Crippen MR) is 84.6 cm³/mol. The van der Waals surface area contributed by atoms with Gasteiger partial charge in [-0.3, -0.25) is 0 Å². The molecule has 0 saturated carbocycles. The molecular formula is C16H18BrFN2O. The molecule has 2 aromatic rings. The molecule has 21 heavy (non-hydrogen) atoms. The molecule has 0 aliphatic carbocycles. The Morgan fingerprint density at radius 1 is 1.24 bits per heavy atom. The maximum absolute atomic E-state index is 13.2. The molecule has 0 atom stereocenters. The number of aromatic nitrogens is 1. The average molecular weight is 353 g/mol. The van der Waals surface area contributed by atoms with Gasteiger partial charge in [0.05, 0.1) is 6.10 Å². The van der Waals surface area contributed by atoms with Crippen LogP contribution in [0.1, 0.15) is 25.0 Å². The highest BCUT2D eigenvalue weighted by molar-refractivity contribution is 9.10. The molecule has 112 valence electrons. The maximum atomic E-state index is 13.2. The molecule has 0 aliphatic heterocycles. The topological polar surface area (TPSA) is 34.1 Å². The van der Waals surface area contributed by atoms with E-state index < -0.39 is 0 Å². The van der Waals surface area contributed by atoms with Crippen molar-refractivity contribution in [2.24, 2.45) is 0 Å². The molecule has 1 aromatic heterocycles. The number of benzene rings is 1. The standard InChI is InChI=1S/C16H18BrFN2O/c1-11(2)21-16-12(4-3-7-20-16)9-19-10-13-8-14(18)5-6-15(13)17/h3-8,11,19H,9-10H2,1-2H3. The second-order valence-corrected chi connectivity index (χ2v) is 5.83. The summed E-state index contributed by atoms with van der Waals surface area (Å²) in [6.45, 7) is 5.11. The SMILES string of the molecule is CC(C)Oc1ncccc1CNCc1cc(F)ccc1Br. The first-order valence-corrected chi connectivity index (χ1v) is 7.60. The van der Waals surface area contributed by atoms with Crippen molar-refractivity contribution < 1.29 is 9.13 Å². The van der Waals surface area contributed by atoms with Crippen molar-refractivity contribution in [1.82, 2.24) is 10.3 Å². The molecule has 1 heterocycles. The second-order valence-electron chi connectivity index (χ2n) is 4.97. The zero-order valence-electron chi connectivity index (χ0n) is 12.1. The molecule has 0 unspecified atom stereocenters. The highest BCUT2D eigenvalue weighted by atomic mass is 79.9. The van der Waals surface area contributed by atoms with Crippen molar-refractivity contribution >= 4 is 15.9 Å². The zero-order chi connectivity index (χ0) is 15.2. The van der Waals surface area contributed by atoms with Gasteiger partial charge in [-0.15, -0.1) is 0 Å². The molecule has 5 heteroatoms. The van der Waals surface area contributed by atoms with Crippen molar-refractivity contribution in [3.8, 4) is 5.88 Å². The van der Waals surface area contributed by atoms with Crippen molar-refractivity contribution in [3.05, 3.63) is 57.9 Å². The Bertz CT molecular complexity index is 605. The summed E-state index contributed by atoms with van der Waals surface area (Å²) in [5.41, 5.74) is 1.86. The average Bonchev–Trinajstić information content (AvgIpc) is 2.44. The van der Waals surface area contributed by atoms with E-state index in [0.29, 0.717) is 19.0 Å². The van der Waals surface area contributed by atoms with Gasteiger partial charge in [-0.1, -0.05) is 22.0 Å². The molecular weight excluding hydrogens is 335 g/mol. The first-order chi connectivity index (χ1) is 10.1. The van der Waals surface area contributed by atoms with Crippen LogP contribution in [0.4, 0.5) is 4.39 Å². The Balaban J connectivity index is 1.99. The first-order valence-electron chi connectivity index (χ1n) is 6.81. The lowest BCUT2D eigenvalue weighted by Gasteiger charge is -2.13. The van der Waals surface area contributed by atoms with E-state index in [1.165, 1.54) is 12.1 Å². The summed E-state index contributed by atoms with van der Waals surface area (Å²) in [4.78, 5) is 4.24. The fourth-order valence-electron chi connectivity index (χ4n) is 1.90. The van der Waals surface area contributed by atoms with E-state index in [1.54, 1.807) is 12.3 Å². The molecule has 2 rings (SSSR count). The van der Waals surface area contributed by atoms with Crippen molar-refractivity contribution in [3.63, 3.8) is 0 Å². The lowest BCUT2D eigenvalue weighted by molar-refractivity contribution is 0.229. The minimum Gasteiger partial charge on any atom is -0.475 e. The number of hydrogen-bond donors (Lipinski definition) is 1. The van der Waals surface area contributed by atoms with Gasteiger partial charge in [0, 0.05) is 29.3 Å². The number of nitrogens with zero attached hydrogens (tertiary/aromatic N) is 1. The minimum absolute atomic E-state index is 0.0796. The maximum Gasteiger partial charge on any atom is 0.218 e. The molecule has 1 N–H and O–H groups in total. The number of halogens is 2. The van der Waals surface area contributed by atoms with Gasteiger partial charge < -0.3 is 10.1 Å². The first kappa shape index (κ1) is 15.9. The van der Waals surface area contributed by atoms with Crippen LogP contribution in [0.5, 0.6) is 5.88 Å². The van der Waals surface area contributed by atoms with E-state index in [-0.39, 0.29) is 11.9 Å². The number of ether oxygens (including phenoxy) is 1. The summed E-state index contributed by atoms with van der Waals surface area (Å²) in [7, 11) is 0. The molecule has 0 radical (unpaired) electrons. The summed E-state index contributed by atoms with van der Waals surface area (Å²) < 4.78 is 19.8. The van der Waals surface area contributed by atoms with Crippen LogP contribution in [0.3, 0.4) is 0 Å². The quantitative estimate of drug-likeness (QED) is 0.851. The highest BCUT2D eigenvalue weighted by Gasteiger charge is 2.07. The number of pyridine rings is 1. The Labute approximate surface area is 132 Å². The van der Waals surface area contributed by atoms with Crippen LogP contribution >= 0.6 is 15.9 Å². The smallest absolute Gasteiger partial charge is 0.218 e. The number of rotatable bonds is 6. The second kappa shape index (κ2) is 7.52. The fourth-order valence-corrected chi connectivity index (χ4v) is 2.29. The molecule has 0 bridgehead atoms. The Morgan fingerprint density at radius 3 is 2.76 bits per heavy atom. The van der Waals surface area contributed by atoms with Crippen LogP contribution in [0.25, 0.3) is 0 Å². The van der Waals surface area contributed by atoms with Crippen LogP contribution in [0, 0.1) is 5.82 Å². The Morgan fingerprint density at radius 2 is 2.00 bits per heavy atom. The molecule has 0 amide bonds. The molecule has 3 nitrogen and oxygen atoms in total. The van der Waals surface area contributed by atoms with Crippen LogP contribution < -0.4 is 10.1 Å². The van der Waals surface area contributed by atoms with Gasteiger partial charge in [0.25, 0.3) is 0 Å². The van der Waals surface area contributed by atoms with Crippen molar-refractivity contribution in [1.29, 1.82) is 0 Å². The largest absolute Gasteiger partial charge is 0.475 e. The van der Waals surface area contributed by atoms with E-state index in [1.807, 2.05) is 26.0 Å². The van der Waals surface area contributed by atoms with E-state index in [2.05, 4.69) is 26.2 Å². The van der Waals surface area contributed by atoms with Crippen LogP contribution in [-0.2, 0) is 13.1 Å². The van der Waals surface area contributed by atoms with Gasteiger partial charge >= 0.3 is 0 Å². The van der Waals surface area contributed by atoms with Gasteiger partial charge in [-0.25, -0.2) is 9.37 Å². The predicted octanol–water partition coefficient (Wildman–Crippen LogP) is 4.06. The van der Waals surface area contributed by atoms with Gasteiger partial charge in [0.2, 0.25) is 5.88 Å². The lowest BCUT2D eigenvalue weighted by atomic mass is 10.2. The van der Waals surface area contributed by atoms with Crippen LogP contribution in [-0.4, -0.2) is 11.1 Å².